The van der Waals surface area contributed by atoms with Crippen LogP contribution in [0.25, 0.3) is 22.6 Å². The number of hydrogen-bond donors (Lipinski definition) is 2. The van der Waals surface area contributed by atoms with E-state index in [1.807, 2.05) is 0 Å². The van der Waals surface area contributed by atoms with Crippen LogP contribution in [0.3, 0.4) is 0 Å². The average molecular weight is 408 g/mol. The fraction of sp³-hybridized carbons (Fsp3) is 0.167. The van der Waals surface area contributed by atoms with Gasteiger partial charge in [-0.25, -0.2) is 4.98 Å². The number of hydrogen-bond acceptors (Lipinski definition) is 4. The Hall–Kier alpha value is -2.15. The Balaban J connectivity index is 1.82. The largest absolute Gasteiger partial charge is 0.436 e. The molecule has 0 radical (unpaired) electrons. The van der Waals surface area contributed by atoms with Crippen molar-refractivity contribution in [2.45, 2.75) is 13.8 Å². The first-order chi connectivity index (χ1) is 12.3. The van der Waals surface area contributed by atoms with Gasteiger partial charge in [0.05, 0.1) is 10.0 Å². The van der Waals surface area contributed by atoms with E-state index in [0.717, 1.165) is 5.56 Å². The van der Waals surface area contributed by atoms with E-state index in [4.69, 9.17) is 39.8 Å². The zero-order valence-electron chi connectivity index (χ0n) is 14.0. The molecule has 3 rings (SSSR count). The molecule has 1 amide bonds. The number of benzene rings is 2. The summed E-state index contributed by atoms with van der Waals surface area (Å²) >= 11 is 17.1. The van der Waals surface area contributed by atoms with Gasteiger partial charge in [-0.3, -0.25) is 4.79 Å². The summed E-state index contributed by atoms with van der Waals surface area (Å²) in [6.07, 6.45) is 0. The molecule has 3 aromatic rings. The van der Waals surface area contributed by atoms with Crippen molar-refractivity contribution in [3.63, 3.8) is 0 Å². The van der Waals surface area contributed by atoms with E-state index < -0.39 is 0 Å². The van der Waals surface area contributed by atoms with Crippen molar-refractivity contribution in [2.75, 3.05) is 5.32 Å². The number of carbonyl (C=O) groups is 1. The highest BCUT2D eigenvalue weighted by Gasteiger charge is 2.12. The van der Waals surface area contributed by atoms with E-state index in [0.29, 0.717) is 32.7 Å². The van der Waals surface area contributed by atoms with Crippen molar-refractivity contribution in [1.82, 2.24) is 10.3 Å². The lowest BCUT2D eigenvalue weighted by atomic mass is 10.2. The molecular formula is C18H15Cl2N3O2S. The van der Waals surface area contributed by atoms with Gasteiger partial charge in [0.1, 0.15) is 5.52 Å². The second kappa shape index (κ2) is 7.61. The highest BCUT2D eigenvalue weighted by molar-refractivity contribution is 7.80. The number of nitrogens with one attached hydrogen (secondary N) is 2. The van der Waals surface area contributed by atoms with Crippen molar-refractivity contribution in [2.24, 2.45) is 5.92 Å². The zero-order valence-corrected chi connectivity index (χ0v) is 16.3. The molecule has 0 unspecified atom stereocenters. The van der Waals surface area contributed by atoms with Gasteiger partial charge in [-0.2, -0.15) is 0 Å². The normalized spacial score (nSPS) is 11.0. The topological polar surface area (TPSA) is 67.2 Å². The van der Waals surface area contributed by atoms with Crippen LogP contribution in [0, 0.1) is 5.92 Å². The van der Waals surface area contributed by atoms with Gasteiger partial charge >= 0.3 is 0 Å². The summed E-state index contributed by atoms with van der Waals surface area (Å²) in [6.45, 7) is 3.59. The minimum atomic E-state index is -0.151. The summed E-state index contributed by atoms with van der Waals surface area (Å²) in [7, 11) is 0. The lowest BCUT2D eigenvalue weighted by Gasteiger charge is -2.10. The van der Waals surface area contributed by atoms with Gasteiger partial charge in [-0.1, -0.05) is 37.0 Å². The number of aromatic nitrogens is 1. The van der Waals surface area contributed by atoms with Crippen LogP contribution in [-0.2, 0) is 4.79 Å². The molecule has 2 N–H and O–H groups in total. The summed E-state index contributed by atoms with van der Waals surface area (Å²) in [5.41, 5.74) is 2.69. The van der Waals surface area contributed by atoms with Crippen LogP contribution in [0.4, 0.5) is 5.69 Å². The molecule has 134 valence electrons. The summed E-state index contributed by atoms with van der Waals surface area (Å²) in [4.78, 5) is 16.2. The van der Waals surface area contributed by atoms with Crippen LogP contribution in [0.1, 0.15) is 13.8 Å². The summed E-state index contributed by atoms with van der Waals surface area (Å²) < 4.78 is 5.76. The lowest BCUT2D eigenvalue weighted by molar-refractivity contribution is -0.122. The second-order valence-corrected chi connectivity index (χ2v) is 7.15. The van der Waals surface area contributed by atoms with E-state index in [1.165, 1.54) is 0 Å². The summed E-state index contributed by atoms with van der Waals surface area (Å²) in [5.74, 6) is 0.139. The number of nitrogens with zero attached hydrogens (tertiary/aromatic N) is 1. The third kappa shape index (κ3) is 4.15. The molecule has 5 nitrogen and oxygen atoms in total. The summed E-state index contributed by atoms with van der Waals surface area (Å²) in [5, 5.41) is 6.72. The molecule has 0 aliphatic heterocycles. The van der Waals surface area contributed by atoms with Crippen molar-refractivity contribution >= 4 is 63.2 Å². The molecule has 0 bridgehead atoms. The van der Waals surface area contributed by atoms with Gasteiger partial charge in [0.25, 0.3) is 0 Å². The van der Waals surface area contributed by atoms with Gasteiger partial charge in [-0.15, -0.1) is 0 Å². The molecule has 1 heterocycles. The Morgan fingerprint density at radius 2 is 1.92 bits per heavy atom. The van der Waals surface area contributed by atoms with Crippen molar-refractivity contribution < 1.29 is 9.21 Å². The fourth-order valence-electron chi connectivity index (χ4n) is 2.18. The number of carbonyl (C=O) groups excluding carboxylic acids is 1. The van der Waals surface area contributed by atoms with Gasteiger partial charge in [-0.05, 0) is 48.6 Å². The molecule has 0 aliphatic rings. The van der Waals surface area contributed by atoms with Crippen molar-refractivity contribution in [3.8, 4) is 11.5 Å². The minimum absolute atomic E-state index is 0.146. The first-order valence-corrected chi connectivity index (χ1v) is 8.98. The predicted octanol–water partition coefficient (Wildman–Crippen LogP) is 5.27. The molecule has 0 atom stereocenters. The van der Waals surface area contributed by atoms with Gasteiger partial charge in [0.15, 0.2) is 10.7 Å². The zero-order chi connectivity index (χ0) is 18.8. The Labute approximate surface area is 165 Å². The number of anilines is 1. The summed E-state index contributed by atoms with van der Waals surface area (Å²) in [6, 6.07) is 10.5. The quantitative estimate of drug-likeness (QED) is 0.578. The molecule has 0 fully saturated rings. The Bertz CT molecular complexity index is 1000. The maximum atomic E-state index is 11.7. The minimum Gasteiger partial charge on any atom is -0.436 e. The SMILES string of the molecule is CC(C)C(=O)NC(=S)Nc1ccc2oc(-c3ccc(Cl)c(Cl)c3)nc2c1. The van der Waals surface area contributed by atoms with E-state index in [9.17, 15) is 4.79 Å². The van der Waals surface area contributed by atoms with E-state index in [1.54, 1.807) is 50.2 Å². The van der Waals surface area contributed by atoms with Crippen LogP contribution in [-0.4, -0.2) is 16.0 Å². The second-order valence-electron chi connectivity index (χ2n) is 5.93. The lowest BCUT2D eigenvalue weighted by Crippen LogP contribution is -2.36. The van der Waals surface area contributed by atoms with Gasteiger partial charge < -0.3 is 15.1 Å². The van der Waals surface area contributed by atoms with E-state index in [2.05, 4.69) is 15.6 Å². The van der Waals surface area contributed by atoms with Crippen molar-refractivity contribution in [1.29, 1.82) is 0 Å². The molecule has 2 aromatic carbocycles. The first kappa shape index (κ1) is 18.6. The predicted molar refractivity (Wildman–Crippen MR) is 109 cm³/mol. The van der Waals surface area contributed by atoms with Crippen LogP contribution in [0.2, 0.25) is 10.0 Å². The maximum absolute atomic E-state index is 11.7. The number of rotatable bonds is 3. The number of oxazole rings is 1. The Morgan fingerprint density at radius 1 is 1.15 bits per heavy atom. The average Bonchev–Trinajstić information content (AvgIpc) is 3.00. The maximum Gasteiger partial charge on any atom is 0.228 e. The van der Waals surface area contributed by atoms with Gasteiger partial charge in [0.2, 0.25) is 11.8 Å². The molecular weight excluding hydrogens is 393 g/mol. The molecule has 0 saturated carbocycles. The number of fused-ring (bicyclic) bond motifs is 1. The fourth-order valence-corrected chi connectivity index (χ4v) is 2.69. The van der Waals surface area contributed by atoms with Crippen LogP contribution >= 0.6 is 35.4 Å². The molecule has 26 heavy (non-hydrogen) atoms. The molecule has 8 heteroatoms. The van der Waals surface area contributed by atoms with E-state index >= 15 is 0 Å². The van der Waals surface area contributed by atoms with E-state index in [-0.39, 0.29) is 16.9 Å². The van der Waals surface area contributed by atoms with Crippen LogP contribution in [0.5, 0.6) is 0 Å². The van der Waals surface area contributed by atoms with Crippen LogP contribution < -0.4 is 10.6 Å². The highest BCUT2D eigenvalue weighted by Crippen LogP contribution is 2.30. The molecule has 0 spiro atoms. The van der Waals surface area contributed by atoms with Gasteiger partial charge in [0, 0.05) is 17.2 Å². The van der Waals surface area contributed by atoms with Crippen LogP contribution in [0.15, 0.2) is 40.8 Å². The standard InChI is InChI=1S/C18H15Cl2N3O2S/c1-9(2)16(24)23-18(26)21-11-4-6-15-14(8-11)22-17(25-15)10-3-5-12(19)13(20)7-10/h3-9H,1-2H3,(H2,21,23,24,26). The van der Waals surface area contributed by atoms with Crippen molar-refractivity contribution in [3.05, 3.63) is 46.4 Å². The first-order valence-electron chi connectivity index (χ1n) is 7.81. The number of thiocarbonyl (C=S) groups is 1. The third-order valence-electron chi connectivity index (χ3n) is 3.57. The number of halogens is 2. The monoisotopic (exact) mass is 407 g/mol. The molecule has 0 saturated heterocycles. The number of amides is 1. The third-order valence-corrected chi connectivity index (χ3v) is 4.52. The Kier molecular flexibility index (Phi) is 5.46. The molecule has 1 aromatic heterocycles. The highest BCUT2D eigenvalue weighted by atomic mass is 35.5. The molecule has 0 aliphatic carbocycles. The Morgan fingerprint density at radius 3 is 2.62 bits per heavy atom. The smallest absolute Gasteiger partial charge is 0.228 e.